The van der Waals surface area contributed by atoms with Crippen molar-refractivity contribution in [2.75, 3.05) is 0 Å². The normalized spacial score (nSPS) is 11.2. The molecule has 0 saturated carbocycles. The van der Waals surface area contributed by atoms with Gasteiger partial charge in [0.1, 0.15) is 0 Å². The highest BCUT2D eigenvalue weighted by Gasteiger charge is 2.17. The Morgan fingerprint density at radius 2 is 2.14 bits per heavy atom. The van der Waals surface area contributed by atoms with Crippen LogP contribution in [-0.2, 0) is 17.6 Å². The fourth-order valence-corrected chi connectivity index (χ4v) is 3.74. The van der Waals surface area contributed by atoms with E-state index in [-0.39, 0.29) is 6.42 Å². The van der Waals surface area contributed by atoms with Gasteiger partial charge in [-0.2, -0.15) is 0 Å². The standard InChI is InChI=1S/C15H12Cl2N2O2S/c1-2-12-14(8-3-4-10(16)11(17)5-8)19-7-9(6-13(20)21)18-15(19)22-12/h3-5,7H,2,6H2,1H3,(H,20,21). The van der Waals surface area contributed by atoms with Crippen LogP contribution in [0.5, 0.6) is 0 Å². The molecule has 2 aromatic heterocycles. The Hall–Kier alpha value is -1.56. The van der Waals surface area contributed by atoms with Crippen molar-refractivity contribution in [2.24, 2.45) is 0 Å². The first-order valence-electron chi connectivity index (χ1n) is 6.66. The monoisotopic (exact) mass is 354 g/mol. The van der Waals surface area contributed by atoms with Crippen LogP contribution < -0.4 is 0 Å². The summed E-state index contributed by atoms with van der Waals surface area (Å²) in [6.07, 6.45) is 2.55. The number of thiazole rings is 1. The zero-order chi connectivity index (χ0) is 15.9. The molecule has 0 bridgehead atoms. The molecule has 0 saturated heterocycles. The number of halogens is 2. The molecule has 0 atom stereocenters. The molecule has 2 heterocycles. The van der Waals surface area contributed by atoms with E-state index in [9.17, 15) is 4.79 Å². The Balaban J connectivity index is 2.18. The van der Waals surface area contributed by atoms with Crippen molar-refractivity contribution in [3.05, 3.63) is 45.0 Å². The predicted octanol–water partition coefficient (Wildman–Crippen LogP) is 4.56. The number of nitrogens with zero attached hydrogens (tertiary/aromatic N) is 2. The van der Waals surface area contributed by atoms with Crippen molar-refractivity contribution >= 4 is 45.5 Å². The van der Waals surface area contributed by atoms with E-state index < -0.39 is 5.97 Å². The van der Waals surface area contributed by atoms with Crippen LogP contribution in [0.3, 0.4) is 0 Å². The van der Waals surface area contributed by atoms with Crippen LogP contribution >= 0.6 is 34.5 Å². The minimum Gasteiger partial charge on any atom is -0.481 e. The smallest absolute Gasteiger partial charge is 0.309 e. The second-order valence-corrected chi connectivity index (χ2v) is 6.69. The van der Waals surface area contributed by atoms with Gasteiger partial charge >= 0.3 is 5.97 Å². The summed E-state index contributed by atoms with van der Waals surface area (Å²) in [6, 6.07) is 5.49. The summed E-state index contributed by atoms with van der Waals surface area (Å²) < 4.78 is 1.93. The van der Waals surface area contributed by atoms with Crippen LogP contribution in [0.25, 0.3) is 16.2 Å². The number of aromatic nitrogens is 2. The van der Waals surface area contributed by atoms with E-state index >= 15 is 0 Å². The average molecular weight is 355 g/mol. The van der Waals surface area contributed by atoms with E-state index in [1.807, 2.05) is 16.5 Å². The quantitative estimate of drug-likeness (QED) is 0.747. The minimum absolute atomic E-state index is 0.0866. The number of imidazole rings is 1. The van der Waals surface area contributed by atoms with Crippen molar-refractivity contribution in [3.8, 4) is 11.3 Å². The lowest BCUT2D eigenvalue weighted by Crippen LogP contribution is -1.99. The molecule has 1 N–H and O–H groups in total. The molecule has 0 radical (unpaired) electrons. The molecule has 0 unspecified atom stereocenters. The average Bonchev–Trinajstić information content (AvgIpc) is 2.97. The van der Waals surface area contributed by atoms with E-state index in [0.717, 1.165) is 22.6 Å². The number of hydrogen-bond donors (Lipinski definition) is 1. The first-order valence-corrected chi connectivity index (χ1v) is 8.23. The van der Waals surface area contributed by atoms with E-state index in [1.165, 1.54) is 4.88 Å². The Bertz CT molecular complexity index is 870. The maximum atomic E-state index is 10.8. The molecule has 7 heteroatoms. The van der Waals surface area contributed by atoms with Crippen LogP contribution in [0.4, 0.5) is 0 Å². The summed E-state index contributed by atoms with van der Waals surface area (Å²) in [5, 5.41) is 9.90. The summed E-state index contributed by atoms with van der Waals surface area (Å²) in [5.74, 6) is -0.891. The first kappa shape index (κ1) is 15.3. The van der Waals surface area contributed by atoms with Gasteiger partial charge in [0, 0.05) is 16.6 Å². The molecule has 22 heavy (non-hydrogen) atoms. The molecule has 3 aromatic rings. The van der Waals surface area contributed by atoms with Gasteiger partial charge in [-0.05, 0) is 18.6 Å². The second-order valence-electron chi connectivity index (χ2n) is 4.81. The molecule has 0 fully saturated rings. The number of carboxylic acids is 1. The van der Waals surface area contributed by atoms with Gasteiger partial charge in [0.2, 0.25) is 0 Å². The van der Waals surface area contributed by atoms with Crippen molar-refractivity contribution < 1.29 is 9.90 Å². The molecular weight excluding hydrogens is 343 g/mol. The summed E-state index contributed by atoms with van der Waals surface area (Å²) >= 11 is 13.7. The highest BCUT2D eigenvalue weighted by Crippen LogP contribution is 2.35. The van der Waals surface area contributed by atoms with Gasteiger partial charge < -0.3 is 5.11 Å². The molecule has 3 rings (SSSR count). The number of rotatable bonds is 4. The minimum atomic E-state index is -0.891. The number of aliphatic carboxylic acids is 1. The second kappa shape index (κ2) is 5.91. The lowest BCUT2D eigenvalue weighted by atomic mass is 10.1. The third-order valence-electron chi connectivity index (χ3n) is 3.29. The summed E-state index contributed by atoms with van der Waals surface area (Å²) in [6.45, 7) is 2.07. The van der Waals surface area contributed by atoms with Crippen molar-refractivity contribution in [2.45, 2.75) is 19.8 Å². The SMILES string of the molecule is CCc1sc2nc(CC(=O)O)cn2c1-c1ccc(Cl)c(Cl)c1. The Morgan fingerprint density at radius 1 is 1.36 bits per heavy atom. The third-order valence-corrected chi connectivity index (χ3v) is 5.23. The molecule has 114 valence electrons. The molecule has 0 aliphatic heterocycles. The number of aryl methyl sites for hydroxylation is 1. The summed E-state index contributed by atoms with van der Waals surface area (Å²) in [7, 11) is 0. The lowest BCUT2D eigenvalue weighted by molar-refractivity contribution is -0.136. The number of fused-ring (bicyclic) bond motifs is 1. The first-order chi connectivity index (χ1) is 10.5. The maximum absolute atomic E-state index is 10.8. The van der Waals surface area contributed by atoms with Gasteiger partial charge in [-0.25, -0.2) is 4.98 Å². The van der Waals surface area contributed by atoms with Crippen molar-refractivity contribution in [1.29, 1.82) is 0 Å². The van der Waals surface area contributed by atoms with E-state index in [4.69, 9.17) is 28.3 Å². The number of carbonyl (C=O) groups is 1. The highest BCUT2D eigenvalue weighted by molar-refractivity contribution is 7.17. The van der Waals surface area contributed by atoms with Gasteiger partial charge in [0.15, 0.2) is 4.96 Å². The van der Waals surface area contributed by atoms with Crippen LogP contribution in [-0.4, -0.2) is 20.5 Å². The van der Waals surface area contributed by atoms with Crippen LogP contribution in [0.2, 0.25) is 10.0 Å². The Kier molecular flexibility index (Phi) is 4.12. The molecular formula is C15H12Cl2N2O2S. The fraction of sp³-hybridized carbons (Fsp3) is 0.200. The Labute approximate surface area is 140 Å². The molecule has 4 nitrogen and oxygen atoms in total. The summed E-state index contributed by atoms with van der Waals surface area (Å²) in [5.41, 5.74) is 2.48. The zero-order valence-corrected chi connectivity index (χ0v) is 14.0. The fourth-order valence-electron chi connectivity index (χ4n) is 2.36. The van der Waals surface area contributed by atoms with Gasteiger partial charge in [0.05, 0.1) is 27.9 Å². The van der Waals surface area contributed by atoms with Gasteiger partial charge in [-0.15, -0.1) is 11.3 Å². The highest BCUT2D eigenvalue weighted by atomic mass is 35.5. The molecule has 0 aliphatic rings. The summed E-state index contributed by atoms with van der Waals surface area (Å²) in [4.78, 5) is 17.2. The van der Waals surface area contributed by atoms with Crippen molar-refractivity contribution in [1.82, 2.24) is 9.38 Å². The lowest BCUT2D eigenvalue weighted by Gasteiger charge is -2.05. The Morgan fingerprint density at radius 3 is 2.77 bits per heavy atom. The van der Waals surface area contributed by atoms with Gasteiger partial charge in [-0.3, -0.25) is 9.20 Å². The van der Waals surface area contributed by atoms with E-state index in [2.05, 4.69) is 11.9 Å². The molecule has 0 spiro atoms. The molecule has 1 aromatic carbocycles. The number of hydrogen-bond acceptors (Lipinski definition) is 3. The largest absolute Gasteiger partial charge is 0.481 e. The van der Waals surface area contributed by atoms with Crippen molar-refractivity contribution in [3.63, 3.8) is 0 Å². The maximum Gasteiger partial charge on any atom is 0.309 e. The van der Waals surface area contributed by atoms with E-state index in [0.29, 0.717) is 15.7 Å². The van der Waals surface area contributed by atoms with Crippen LogP contribution in [0.1, 0.15) is 17.5 Å². The van der Waals surface area contributed by atoms with Gasteiger partial charge in [-0.1, -0.05) is 36.2 Å². The topological polar surface area (TPSA) is 54.6 Å². The van der Waals surface area contributed by atoms with Crippen LogP contribution in [0.15, 0.2) is 24.4 Å². The predicted molar refractivity (Wildman–Crippen MR) is 89.2 cm³/mol. The number of benzene rings is 1. The van der Waals surface area contributed by atoms with Gasteiger partial charge in [0.25, 0.3) is 0 Å². The zero-order valence-electron chi connectivity index (χ0n) is 11.6. The van der Waals surface area contributed by atoms with E-state index in [1.54, 1.807) is 23.6 Å². The van der Waals surface area contributed by atoms with Crippen LogP contribution in [0, 0.1) is 0 Å². The number of carboxylic acid groups (broad SMARTS) is 1. The molecule has 0 amide bonds. The molecule has 0 aliphatic carbocycles. The third kappa shape index (κ3) is 2.72.